The molecule has 2 aromatic carbocycles. The Bertz CT molecular complexity index is 660. The number of ether oxygens (including phenoxy) is 2. The monoisotopic (exact) mass is 319 g/mol. The zero-order valence-electron chi connectivity index (χ0n) is 12.8. The van der Waals surface area contributed by atoms with E-state index >= 15 is 0 Å². The maximum atomic E-state index is 12.3. The Morgan fingerprint density at radius 2 is 1.77 bits per heavy atom. The summed E-state index contributed by atoms with van der Waals surface area (Å²) < 4.78 is 10.6. The molecule has 22 heavy (non-hydrogen) atoms. The lowest BCUT2D eigenvalue weighted by Crippen LogP contribution is -2.23. The van der Waals surface area contributed by atoms with E-state index in [-0.39, 0.29) is 5.91 Å². The maximum Gasteiger partial charge on any atom is 0.251 e. The molecule has 0 bridgehead atoms. The molecule has 0 aliphatic heterocycles. The van der Waals surface area contributed by atoms with Crippen LogP contribution in [0.4, 0.5) is 0 Å². The fourth-order valence-corrected chi connectivity index (χ4v) is 2.36. The number of rotatable bonds is 5. The molecule has 0 heterocycles. The molecule has 0 saturated carbocycles. The second-order valence-corrected chi connectivity index (χ2v) is 5.25. The lowest BCUT2D eigenvalue weighted by atomic mass is 10.1. The van der Waals surface area contributed by atoms with Gasteiger partial charge in [-0.15, -0.1) is 0 Å². The molecule has 0 radical (unpaired) electrons. The molecule has 0 saturated heterocycles. The molecule has 0 aliphatic carbocycles. The van der Waals surface area contributed by atoms with Crippen molar-refractivity contribution in [1.82, 2.24) is 5.32 Å². The lowest BCUT2D eigenvalue weighted by Gasteiger charge is -2.12. The van der Waals surface area contributed by atoms with Crippen LogP contribution in [0.1, 0.15) is 21.5 Å². The molecule has 0 fully saturated rings. The zero-order valence-corrected chi connectivity index (χ0v) is 13.5. The number of amides is 1. The Morgan fingerprint density at radius 1 is 1.14 bits per heavy atom. The number of methoxy groups -OCH3 is 2. The summed E-state index contributed by atoms with van der Waals surface area (Å²) in [6.07, 6.45) is 0. The van der Waals surface area contributed by atoms with Crippen LogP contribution in [-0.2, 0) is 6.54 Å². The van der Waals surface area contributed by atoms with Crippen LogP contribution in [0.2, 0.25) is 5.02 Å². The van der Waals surface area contributed by atoms with Gasteiger partial charge in [-0.3, -0.25) is 4.79 Å². The number of hydrogen-bond donors (Lipinski definition) is 1. The maximum absolute atomic E-state index is 12.3. The van der Waals surface area contributed by atoms with Crippen molar-refractivity contribution < 1.29 is 14.3 Å². The minimum atomic E-state index is -0.198. The van der Waals surface area contributed by atoms with E-state index < -0.39 is 0 Å². The summed E-state index contributed by atoms with van der Waals surface area (Å²) in [5.74, 6) is 1.04. The van der Waals surface area contributed by atoms with Crippen LogP contribution in [-0.4, -0.2) is 20.1 Å². The van der Waals surface area contributed by atoms with Gasteiger partial charge in [0.1, 0.15) is 11.5 Å². The first-order valence-corrected chi connectivity index (χ1v) is 7.18. The van der Waals surface area contributed by atoms with Gasteiger partial charge in [0, 0.05) is 22.7 Å². The molecule has 0 aromatic heterocycles. The highest BCUT2D eigenvalue weighted by molar-refractivity contribution is 6.30. The summed E-state index contributed by atoms with van der Waals surface area (Å²) in [4.78, 5) is 12.3. The second-order valence-electron chi connectivity index (χ2n) is 4.82. The molecule has 5 heteroatoms. The number of carbonyl (C=O) groups excluding carboxylic acids is 1. The normalized spacial score (nSPS) is 10.2. The van der Waals surface area contributed by atoms with E-state index in [2.05, 4.69) is 5.32 Å². The van der Waals surface area contributed by atoms with E-state index in [1.54, 1.807) is 32.4 Å². The quantitative estimate of drug-likeness (QED) is 0.916. The average molecular weight is 320 g/mol. The molecular weight excluding hydrogens is 302 g/mol. The van der Waals surface area contributed by atoms with Crippen molar-refractivity contribution in [1.29, 1.82) is 0 Å². The van der Waals surface area contributed by atoms with Gasteiger partial charge < -0.3 is 14.8 Å². The van der Waals surface area contributed by atoms with Crippen LogP contribution < -0.4 is 14.8 Å². The van der Waals surface area contributed by atoms with Gasteiger partial charge in [-0.1, -0.05) is 23.7 Å². The summed E-state index contributed by atoms with van der Waals surface area (Å²) in [6.45, 7) is 2.28. The van der Waals surface area contributed by atoms with Gasteiger partial charge in [-0.05, 0) is 36.8 Å². The van der Waals surface area contributed by atoms with Gasteiger partial charge in [0.15, 0.2) is 0 Å². The van der Waals surface area contributed by atoms with E-state index in [0.717, 1.165) is 11.1 Å². The van der Waals surface area contributed by atoms with E-state index in [4.69, 9.17) is 21.1 Å². The summed E-state index contributed by atoms with van der Waals surface area (Å²) in [7, 11) is 3.13. The number of hydrogen-bond acceptors (Lipinski definition) is 3. The fraction of sp³-hybridized carbons (Fsp3) is 0.235. The molecule has 0 aliphatic rings. The third kappa shape index (κ3) is 3.71. The first-order chi connectivity index (χ1) is 10.5. The average Bonchev–Trinajstić information content (AvgIpc) is 2.53. The molecule has 4 nitrogen and oxygen atoms in total. The molecule has 0 unspecified atom stereocenters. The highest BCUT2D eigenvalue weighted by Gasteiger charge is 2.13. The van der Waals surface area contributed by atoms with Crippen LogP contribution in [0.3, 0.4) is 0 Å². The lowest BCUT2D eigenvalue weighted by molar-refractivity contribution is 0.0950. The van der Waals surface area contributed by atoms with Crippen LogP contribution in [0.25, 0.3) is 0 Å². The van der Waals surface area contributed by atoms with Crippen molar-refractivity contribution >= 4 is 17.5 Å². The smallest absolute Gasteiger partial charge is 0.251 e. The SMILES string of the molecule is COc1cc(C(=O)NCc2cccc(Cl)c2)cc(OC)c1C. The second kappa shape index (κ2) is 7.18. The Labute approximate surface area is 135 Å². The summed E-state index contributed by atoms with van der Waals surface area (Å²) in [5, 5.41) is 3.50. The number of halogens is 1. The van der Waals surface area contributed by atoms with Gasteiger partial charge in [-0.25, -0.2) is 0 Å². The Balaban J connectivity index is 2.15. The Kier molecular flexibility index (Phi) is 5.28. The van der Waals surface area contributed by atoms with E-state index in [9.17, 15) is 4.79 Å². The molecule has 2 aromatic rings. The number of carbonyl (C=O) groups is 1. The molecule has 0 spiro atoms. The van der Waals surface area contributed by atoms with Crippen LogP contribution in [0.5, 0.6) is 11.5 Å². The number of nitrogens with one attached hydrogen (secondary N) is 1. The molecular formula is C17H18ClNO3. The van der Waals surface area contributed by atoms with Crippen molar-refractivity contribution in [2.24, 2.45) is 0 Å². The molecule has 1 N–H and O–H groups in total. The van der Waals surface area contributed by atoms with Crippen LogP contribution >= 0.6 is 11.6 Å². The van der Waals surface area contributed by atoms with Crippen molar-refractivity contribution in [3.05, 3.63) is 58.1 Å². The predicted molar refractivity (Wildman–Crippen MR) is 86.9 cm³/mol. The van der Waals surface area contributed by atoms with Crippen LogP contribution in [0.15, 0.2) is 36.4 Å². The van der Waals surface area contributed by atoms with E-state index in [0.29, 0.717) is 28.6 Å². The Hall–Kier alpha value is -2.20. The minimum absolute atomic E-state index is 0.198. The van der Waals surface area contributed by atoms with Crippen molar-refractivity contribution in [2.75, 3.05) is 14.2 Å². The topological polar surface area (TPSA) is 47.6 Å². The largest absolute Gasteiger partial charge is 0.496 e. The van der Waals surface area contributed by atoms with Gasteiger partial charge in [0.2, 0.25) is 0 Å². The van der Waals surface area contributed by atoms with Gasteiger partial charge in [-0.2, -0.15) is 0 Å². The predicted octanol–water partition coefficient (Wildman–Crippen LogP) is 3.60. The minimum Gasteiger partial charge on any atom is -0.496 e. The summed E-state index contributed by atoms with van der Waals surface area (Å²) in [5.41, 5.74) is 2.28. The van der Waals surface area contributed by atoms with E-state index in [1.165, 1.54) is 0 Å². The first-order valence-electron chi connectivity index (χ1n) is 6.80. The molecule has 0 atom stereocenters. The van der Waals surface area contributed by atoms with Crippen molar-refractivity contribution in [3.8, 4) is 11.5 Å². The van der Waals surface area contributed by atoms with Crippen molar-refractivity contribution in [3.63, 3.8) is 0 Å². The zero-order chi connectivity index (χ0) is 16.1. The summed E-state index contributed by atoms with van der Waals surface area (Å²) in [6, 6.07) is 10.8. The van der Waals surface area contributed by atoms with Crippen molar-refractivity contribution in [2.45, 2.75) is 13.5 Å². The molecule has 116 valence electrons. The molecule has 2 rings (SSSR count). The van der Waals surface area contributed by atoms with Gasteiger partial charge in [0.05, 0.1) is 14.2 Å². The Morgan fingerprint density at radius 3 is 2.32 bits per heavy atom. The standard InChI is InChI=1S/C17H18ClNO3/c1-11-15(21-2)8-13(9-16(11)22-3)17(20)19-10-12-5-4-6-14(18)7-12/h4-9H,10H2,1-3H3,(H,19,20). The first kappa shape index (κ1) is 16.2. The van der Waals surface area contributed by atoms with Crippen LogP contribution in [0, 0.1) is 6.92 Å². The van der Waals surface area contributed by atoms with Gasteiger partial charge in [0.25, 0.3) is 5.91 Å². The highest BCUT2D eigenvalue weighted by atomic mass is 35.5. The van der Waals surface area contributed by atoms with Gasteiger partial charge >= 0.3 is 0 Å². The fourth-order valence-electron chi connectivity index (χ4n) is 2.15. The third-order valence-electron chi connectivity index (χ3n) is 3.36. The highest BCUT2D eigenvalue weighted by Crippen LogP contribution is 2.29. The number of benzene rings is 2. The third-order valence-corrected chi connectivity index (χ3v) is 3.59. The summed E-state index contributed by atoms with van der Waals surface area (Å²) >= 11 is 5.93. The van der Waals surface area contributed by atoms with E-state index in [1.807, 2.05) is 25.1 Å². The molecule has 1 amide bonds.